The number of thiophene rings is 1. The molecule has 142 valence electrons. The lowest BCUT2D eigenvalue weighted by atomic mass is 10.2. The molecule has 0 unspecified atom stereocenters. The van der Waals surface area contributed by atoms with E-state index in [1.54, 1.807) is 33.4 Å². The van der Waals surface area contributed by atoms with E-state index in [2.05, 4.69) is 10.4 Å². The second kappa shape index (κ2) is 8.04. The van der Waals surface area contributed by atoms with Crippen LogP contribution in [0.2, 0.25) is 0 Å². The van der Waals surface area contributed by atoms with Crippen LogP contribution >= 0.6 is 11.3 Å². The first kappa shape index (κ1) is 18.6. The van der Waals surface area contributed by atoms with Crippen LogP contribution in [0.4, 0.5) is 0 Å². The van der Waals surface area contributed by atoms with E-state index in [-0.39, 0.29) is 12.5 Å². The molecule has 1 aromatic carbocycles. The normalized spacial score (nSPS) is 10.6. The number of methoxy groups -OCH3 is 2. The molecule has 2 aromatic heterocycles. The number of benzene rings is 1. The number of likely N-dealkylation sites (N-methyl/N-ethyl adjacent to an activating group) is 1. The molecule has 27 heavy (non-hydrogen) atoms. The fraction of sp³-hybridized carbons (Fsp3) is 0.294. The predicted molar refractivity (Wildman–Crippen MR) is 99.5 cm³/mol. The third-order valence-electron chi connectivity index (χ3n) is 3.93. The summed E-state index contributed by atoms with van der Waals surface area (Å²) in [6, 6.07) is 9.01. The number of ether oxygens (including phenoxy) is 2. The molecule has 0 fully saturated rings. The Morgan fingerprint density at radius 2 is 1.96 bits per heavy atom. The molecule has 0 saturated heterocycles. The maximum absolute atomic E-state index is 12.5. The van der Waals surface area contributed by atoms with Crippen molar-refractivity contribution in [1.82, 2.24) is 24.7 Å². The minimum Gasteiger partial charge on any atom is -0.493 e. The predicted octanol–water partition coefficient (Wildman–Crippen LogP) is 1.17. The van der Waals surface area contributed by atoms with Crippen molar-refractivity contribution in [2.45, 2.75) is 13.1 Å². The Bertz CT molecular complexity index is 980. The molecule has 0 saturated carbocycles. The van der Waals surface area contributed by atoms with Crippen LogP contribution in [0.1, 0.15) is 5.56 Å². The second-order valence-electron chi connectivity index (χ2n) is 5.72. The largest absolute Gasteiger partial charge is 0.493 e. The highest BCUT2D eigenvalue weighted by molar-refractivity contribution is 7.12. The van der Waals surface area contributed by atoms with Gasteiger partial charge in [0.05, 0.1) is 14.2 Å². The van der Waals surface area contributed by atoms with E-state index in [4.69, 9.17) is 9.47 Å². The van der Waals surface area contributed by atoms with Crippen molar-refractivity contribution in [3.63, 3.8) is 0 Å². The first-order chi connectivity index (χ1) is 13.0. The zero-order valence-electron chi connectivity index (χ0n) is 15.2. The molecule has 0 aliphatic heterocycles. The summed E-state index contributed by atoms with van der Waals surface area (Å²) in [7, 11) is 4.78. The zero-order valence-corrected chi connectivity index (χ0v) is 16.0. The van der Waals surface area contributed by atoms with Gasteiger partial charge in [0.25, 0.3) is 0 Å². The summed E-state index contributed by atoms with van der Waals surface area (Å²) in [5, 5.41) is 10.1. The maximum atomic E-state index is 12.5. The Balaban J connectivity index is 1.69. The molecule has 2 heterocycles. The molecule has 0 radical (unpaired) electrons. The summed E-state index contributed by atoms with van der Waals surface area (Å²) in [5.41, 5.74) is 0.420. The summed E-state index contributed by atoms with van der Waals surface area (Å²) in [5.74, 6) is 0.947. The van der Waals surface area contributed by atoms with Gasteiger partial charge in [-0.2, -0.15) is 9.36 Å². The summed E-state index contributed by atoms with van der Waals surface area (Å²) >= 11 is 1.37. The summed E-state index contributed by atoms with van der Waals surface area (Å²) in [4.78, 5) is 26.3. The molecular formula is C17H19N5O4S. The number of carbonyl (C=O) groups is 1. The number of hydrogen-bond acceptors (Lipinski definition) is 7. The van der Waals surface area contributed by atoms with Crippen molar-refractivity contribution in [1.29, 1.82) is 0 Å². The van der Waals surface area contributed by atoms with E-state index in [9.17, 15) is 9.59 Å². The highest BCUT2D eigenvalue weighted by Gasteiger charge is 2.16. The topological polar surface area (TPSA) is 91.5 Å². The first-order valence-corrected chi connectivity index (χ1v) is 8.93. The number of carbonyl (C=O) groups excluding carboxylic acids is 1. The van der Waals surface area contributed by atoms with E-state index in [0.717, 1.165) is 10.2 Å². The van der Waals surface area contributed by atoms with E-state index in [1.807, 2.05) is 23.6 Å². The van der Waals surface area contributed by atoms with E-state index in [1.165, 1.54) is 20.9 Å². The van der Waals surface area contributed by atoms with Crippen LogP contribution in [0.15, 0.2) is 40.5 Å². The molecule has 3 aromatic rings. The molecule has 3 rings (SSSR count). The van der Waals surface area contributed by atoms with Gasteiger partial charge in [-0.15, -0.1) is 11.3 Å². The number of hydrogen-bond donors (Lipinski definition) is 0. The van der Waals surface area contributed by atoms with Gasteiger partial charge in [-0.3, -0.25) is 4.79 Å². The van der Waals surface area contributed by atoms with Crippen molar-refractivity contribution in [2.24, 2.45) is 0 Å². The minimum atomic E-state index is -0.453. The van der Waals surface area contributed by atoms with Crippen LogP contribution in [-0.4, -0.2) is 51.9 Å². The Kier molecular flexibility index (Phi) is 5.55. The van der Waals surface area contributed by atoms with Crippen molar-refractivity contribution >= 4 is 17.2 Å². The van der Waals surface area contributed by atoms with Crippen LogP contribution in [0, 0.1) is 0 Å². The van der Waals surface area contributed by atoms with Crippen LogP contribution in [0.5, 0.6) is 11.5 Å². The summed E-state index contributed by atoms with van der Waals surface area (Å²) in [6.45, 7) is 0.168. The van der Waals surface area contributed by atoms with Crippen molar-refractivity contribution in [2.75, 3.05) is 21.3 Å². The summed E-state index contributed by atoms with van der Waals surface area (Å²) < 4.78 is 12.7. The Morgan fingerprint density at radius 3 is 2.63 bits per heavy atom. The van der Waals surface area contributed by atoms with Crippen molar-refractivity contribution in [3.8, 4) is 16.5 Å². The van der Waals surface area contributed by atoms with Gasteiger partial charge < -0.3 is 14.4 Å². The van der Waals surface area contributed by atoms with Gasteiger partial charge in [0.2, 0.25) is 5.91 Å². The quantitative estimate of drug-likeness (QED) is 0.602. The maximum Gasteiger partial charge on any atom is 0.369 e. The molecule has 0 atom stereocenters. The highest BCUT2D eigenvalue weighted by Crippen LogP contribution is 2.27. The second-order valence-corrected chi connectivity index (χ2v) is 6.65. The van der Waals surface area contributed by atoms with Crippen LogP contribution in [0.25, 0.3) is 5.00 Å². The van der Waals surface area contributed by atoms with Crippen LogP contribution in [0.3, 0.4) is 0 Å². The molecule has 1 amide bonds. The number of nitrogens with zero attached hydrogens (tertiary/aromatic N) is 5. The summed E-state index contributed by atoms with van der Waals surface area (Å²) in [6.07, 6.45) is 0. The zero-order chi connectivity index (χ0) is 19.4. The average molecular weight is 389 g/mol. The Labute approximate surface area is 159 Å². The lowest BCUT2D eigenvalue weighted by molar-refractivity contribution is -0.131. The van der Waals surface area contributed by atoms with Gasteiger partial charge in [-0.25, -0.2) is 4.79 Å². The standard InChI is InChI=1S/C17H19N5O4S/c1-20(10-12-6-7-13(25-2)14(9-12)26-3)15(23)11-21-17(24)22(19-18-21)16-5-4-8-27-16/h4-9H,10-11H2,1-3H3. The van der Waals surface area contributed by atoms with Gasteiger partial charge in [-0.1, -0.05) is 6.07 Å². The highest BCUT2D eigenvalue weighted by atomic mass is 32.1. The van der Waals surface area contributed by atoms with Crippen molar-refractivity contribution in [3.05, 3.63) is 51.8 Å². The third-order valence-corrected chi connectivity index (χ3v) is 4.78. The van der Waals surface area contributed by atoms with E-state index >= 15 is 0 Å². The number of aromatic nitrogens is 4. The molecule has 0 bridgehead atoms. The molecule has 0 spiro atoms. The van der Waals surface area contributed by atoms with Gasteiger partial charge >= 0.3 is 5.69 Å². The molecule has 9 nitrogen and oxygen atoms in total. The van der Waals surface area contributed by atoms with Crippen molar-refractivity contribution < 1.29 is 14.3 Å². The number of amides is 1. The number of tetrazole rings is 1. The van der Waals surface area contributed by atoms with Gasteiger partial charge in [0.1, 0.15) is 11.5 Å². The third kappa shape index (κ3) is 4.00. The average Bonchev–Trinajstić information content (AvgIpc) is 3.32. The Morgan fingerprint density at radius 1 is 1.19 bits per heavy atom. The monoisotopic (exact) mass is 389 g/mol. The molecular weight excluding hydrogens is 370 g/mol. The van der Waals surface area contributed by atoms with Gasteiger partial charge in [0.15, 0.2) is 11.5 Å². The smallest absolute Gasteiger partial charge is 0.369 e. The Hall–Kier alpha value is -3.14. The lowest BCUT2D eigenvalue weighted by Crippen LogP contribution is -2.34. The van der Waals surface area contributed by atoms with Crippen LogP contribution < -0.4 is 15.2 Å². The minimum absolute atomic E-state index is 0.187. The molecule has 0 N–H and O–H groups in total. The fourth-order valence-corrected chi connectivity index (χ4v) is 3.16. The molecule has 10 heteroatoms. The molecule has 0 aliphatic rings. The van der Waals surface area contributed by atoms with Crippen LogP contribution in [-0.2, 0) is 17.9 Å². The SMILES string of the molecule is COc1ccc(CN(C)C(=O)Cn2nnn(-c3cccs3)c2=O)cc1OC. The fourth-order valence-electron chi connectivity index (χ4n) is 2.49. The number of rotatable bonds is 7. The van der Waals surface area contributed by atoms with E-state index < -0.39 is 5.69 Å². The van der Waals surface area contributed by atoms with Gasteiger partial charge in [0, 0.05) is 13.6 Å². The van der Waals surface area contributed by atoms with Gasteiger partial charge in [-0.05, 0) is 45.6 Å². The lowest BCUT2D eigenvalue weighted by Gasteiger charge is -2.18. The van der Waals surface area contributed by atoms with E-state index in [0.29, 0.717) is 23.0 Å². The first-order valence-electron chi connectivity index (χ1n) is 8.05. The molecule has 0 aliphatic carbocycles.